The van der Waals surface area contributed by atoms with Crippen molar-refractivity contribution in [2.24, 2.45) is 0 Å². The molecule has 1 aliphatic heterocycles. The molecule has 0 saturated carbocycles. The van der Waals surface area contributed by atoms with Crippen molar-refractivity contribution >= 4 is 23.7 Å². The zero-order valence-electron chi connectivity index (χ0n) is 14.1. The molecule has 1 aromatic carbocycles. The number of nitrogens with one attached hydrogen (secondary N) is 1. The second kappa shape index (κ2) is 8.78. The van der Waals surface area contributed by atoms with Crippen LogP contribution in [-0.4, -0.2) is 54.7 Å². The van der Waals surface area contributed by atoms with E-state index >= 15 is 0 Å². The molecule has 1 aliphatic rings. The average Bonchev–Trinajstić information content (AvgIpc) is 2.57. The van der Waals surface area contributed by atoms with E-state index in [0.29, 0.717) is 31.3 Å². The Balaban J connectivity index is 1.79. The first-order chi connectivity index (χ1) is 11.5. The predicted octanol–water partition coefficient (Wildman–Crippen LogP) is 3.10. The Morgan fingerprint density at radius 3 is 2.62 bits per heavy atom. The van der Waals surface area contributed by atoms with Gasteiger partial charge in [-0.05, 0) is 31.4 Å². The van der Waals surface area contributed by atoms with Gasteiger partial charge >= 0.3 is 12.1 Å². The molecule has 6 nitrogen and oxygen atoms in total. The van der Waals surface area contributed by atoms with E-state index in [-0.39, 0.29) is 18.2 Å². The van der Waals surface area contributed by atoms with E-state index in [9.17, 15) is 9.59 Å². The second-order valence-electron chi connectivity index (χ2n) is 5.86. The molecule has 2 rings (SSSR count). The van der Waals surface area contributed by atoms with Crippen LogP contribution >= 0.6 is 11.6 Å². The lowest BCUT2D eigenvalue weighted by atomic mass is 10.1. The molecule has 0 aromatic heterocycles. The number of carbonyl (C=O) groups is 2. The molecule has 0 atom stereocenters. The Kier molecular flexibility index (Phi) is 6.73. The van der Waals surface area contributed by atoms with Crippen molar-refractivity contribution in [3.63, 3.8) is 0 Å². The second-order valence-corrected chi connectivity index (χ2v) is 6.26. The van der Waals surface area contributed by atoms with Crippen molar-refractivity contribution in [2.75, 3.05) is 26.7 Å². The monoisotopic (exact) mass is 353 g/mol. The quantitative estimate of drug-likeness (QED) is 0.904. The van der Waals surface area contributed by atoms with Crippen molar-refractivity contribution in [1.29, 1.82) is 0 Å². The summed E-state index contributed by atoms with van der Waals surface area (Å²) >= 11 is 6.13. The molecule has 0 aliphatic carbocycles. The number of nitrogens with zero attached hydrogens (tertiary/aromatic N) is 2. The molecule has 24 heavy (non-hydrogen) atoms. The largest absolute Gasteiger partial charge is 0.450 e. The molecule has 0 radical (unpaired) electrons. The minimum atomic E-state index is -0.280. The highest BCUT2D eigenvalue weighted by atomic mass is 35.5. The summed E-state index contributed by atoms with van der Waals surface area (Å²) in [5, 5.41) is 3.67. The summed E-state index contributed by atoms with van der Waals surface area (Å²) in [7, 11) is 1.74. The highest BCUT2D eigenvalue weighted by molar-refractivity contribution is 6.31. The Morgan fingerprint density at radius 1 is 1.33 bits per heavy atom. The minimum Gasteiger partial charge on any atom is -0.450 e. The fraction of sp³-hybridized carbons (Fsp3) is 0.529. The van der Waals surface area contributed by atoms with E-state index in [1.807, 2.05) is 24.3 Å². The summed E-state index contributed by atoms with van der Waals surface area (Å²) in [6.45, 7) is 3.81. The van der Waals surface area contributed by atoms with Crippen molar-refractivity contribution in [1.82, 2.24) is 15.1 Å². The van der Waals surface area contributed by atoms with Crippen LogP contribution in [-0.2, 0) is 11.3 Å². The summed E-state index contributed by atoms with van der Waals surface area (Å²) in [4.78, 5) is 27.3. The smallest absolute Gasteiger partial charge is 0.409 e. The first-order valence-corrected chi connectivity index (χ1v) is 8.55. The van der Waals surface area contributed by atoms with Crippen LogP contribution in [0.1, 0.15) is 25.3 Å². The summed E-state index contributed by atoms with van der Waals surface area (Å²) in [5.41, 5.74) is 0.911. The van der Waals surface area contributed by atoms with Crippen LogP contribution in [0.3, 0.4) is 0 Å². The lowest BCUT2D eigenvalue weighted by Gasteiger charge is -2.32. The Hall–Kier alpha value is -1.95. The van der Waals surface area contributed by atoms with E-state index in [1.165, 1.54) is 0 Å². The zero-order valence-corrected chi connectivity index (χ0v) is 14.9. The number of likely N-dealkylation sites (tertiary alicyclic amines) is 1. The number of amides is 3. The van der Waals surface area contributed by atoms with Crippen LogP contribution in [0.5, 0.6) is 0 Å². The third kappa shape index (κ3) is 5.03. The highest BCUT2D eigenvalue weighted by Crippen LogP contribution is 2.17. The normalized spacial score (nSPS) is 15.0. The molecule has 0 bridgehead atoms. The number of carbonyl (C=O) groups excluding carboxylic acids is 2. The molecule has 1 heterocycles. The molecule has 132 valence electrons. The molecule has 1 saturated heterocycles. The van der Waals surface area contributed by atoms with Gasteiger partial charge < -0.3 is 19.9 Å². The number of hydrogen-bond acceptors (Lipinski definition) is 3. The van der Waals surface area contributed by atoms with Crippen molar-refractivity contribution < 1.29 is 14.3 Å². The van der Waals surface area contributed by atoms with Gasteiger partial charge in [0.05, 0.1) is 6.61 Å². The number of halogens is 1. The zero-order chi connectivity index (χ0) is 17.5. The van der Waals surface area contributed by atoms with E-state index in [1.54, 1.807) is 23.8 Å². The molecule has 7 heteroatoms. The number of piperidine rings is 1. The molecule has 0 spiro atoms. The van der Waals surface area contributed by atoms with Crippen LogP contribution in [0, 0.1) is 0 Å². The molecule has 1 N–H and O–H groups in total. The van der Waals surface area contributed by atoms with Gasteiger partial charge in [0.25, 0.3) is 0 Å². The maximum Gasteiger partial charge on any atom is 0.409 e. The van der Waals surface area contributed by atoms with Gasteiger partial charge in [-0.2, -0.15) is 0 Å². The molecular formula is C17H24ClN3O3. The van der Waals surface area contributed by atoms with Gasteiger partial charge in [-0.3, -0.25) is 0 Å². The van der Waals surface area contributed by atoms with Crippen LogP contribution in [0.15, 0.2) is 24.3 Å². The van der Waals surface area contributed by atoms with Gasteiger partial charge in [-0.1, -0.05) is 29.8 Å². The fourth-order valence-electron chi connectivity index (χ4n) is 2.66. The Bertz CT molecular complexity index is 574. The first-order valence-electron chi connectivity index (χ1n) is 8.18. The number of rotatable bonds is 4. The van der Waals surface area contributed by atoms with E-state index < -0.39 is 0 Å². The summed E-state index contributed by atoms with van der Waals surface area (Å²) < 4.78 is 4.99. The maximum atomic E-state index is 12.3. The van der Waals surface area contributed by atoms with Crippen LogP contribution in [0.2, 0.25) is 5.02 Å². The van der Waals surface area contributed by atoms with Gasteiger partial charge in [0.15, 0.2) is 0 Å². The first kappa shape index (κ1) is 18.4. The van der Waals surface area contributed by atoms with E-state index in [2.05, 4.69) is 5.32 Å². The maximum absolute atomic E-state index is 12.3. The molecule has 3 amide bonds. The molecular weight excluding hydrogens is 330 g/mol. The summed E-state index contributed by atoms with van der Waals surface area (Å²) in [6.07, 6.45) is 1.17. The van der Waals surface area contributed by atoms with Crippen LogP contribution in [0.25, 0.3) is 0 Å². The highest BCUT2D eigenvalue weighted by Gasteiger charge is 2.25. The lowest BCUT2D eigenvalue weighted by Crippen LogP contribution is -2.49. The standard InChI is InChI=1S/C17H24ClN3O3/c1-3-24-17(23)21-10-8-14(9-11-21)19-16(22)20(2)12-13-6-4-5-7-15(13)18/h4-7,14H,3,8-12H2,1-2H3,(H,19,22). The van der Waals surface area contributed by atoms with Crippen molar-refractivity contribution in [3.8, 4) is 0 Å². The topological polar surface area (TPSA) is 61.9 Å². The Labute approximate surface area is 147 Å². The predicted molar refractivity (Wildman–Crippen MR) is 93.1 cm³/mol. The third-order valence-electron chi connectivity index (χ3n) is 4.06. The summed E-state index contributed by atoms with van der Waals surface area (Å²) in [6, 6.07) is 7.42. The van der Waals surface area contributed by atoms with Gasteiger partial charge in [0.1, 0.15) is 0 Å². The number of ether oxygens (including phenoxy) is 1. The lowest BCUT2D eigenvalue weighted by molar-refractivity contribution is 0.0952. The van der Waals surface area contributed by atoms with E-state index in [0.717, 1.165) is 18.4 Å². The van der Waals surface area contributed by atoms with Crippen molar-refractivity contribution in [2.45, 2.75) is 32.4 Å². The SMILES string of the molecule is CCOC(=O)N1CCC(NC(=O)N(C)Cc2ccccc2Cl)CC1. The third-order valence-corrected chi connectivity index (χ3v) is 4.43. The molecule has 1 fully saturated rings. The van der Waals surface area contributed by atoms with Crippen LogP contribution < -0.4 is 5.32 Å². The van der Waals surface area contributed by atoms with E-state index in [4.69, 9.17) is 16.3 Å². The average molecular weight is 354 g/mol. The number of urea groups is 1. The number of hydrogen-bond donors (Lipinski definition) is 1. The number of benzene rings is 1. The van der Waals surface area contributed by atoms with Gasteiger partial charge in [-0.25, -0.2) is 9.59 Å². The van der Waals surface area contributed by atoms with Crippen molar-refractivity contribution in [3.05, 3.63) is 34.9 Å². The minimum absolute atomic E-state index is 0.0665. The Morgan fingerprint density at radius 2 is 2.00 bits per heavy atom. The molecule has 1 aromatic rings. The molecule has 0 unspecified atom stereocenters. The van der Waals surface area contributed by atoms with Gasteiger partial charge in [0.2, 0.25) is 0 Å². The van der Waals surface area contributed by atoms with Crippen LogP contribution in [0.4, 0.5) is 9.59 Å². The summed E-state index contributed by atoms with van der Waals surface area (Å²) in [5.74, 6) is 0. The van der Waals surface area contributed by atoms with Gasteiger partial charge in [-0.15, -0.1) is 0 Å². The fourth-order valence-corrected chi connectivity index (χ4v) is 2.86. The van der Waals surface area contributed by atoms with Gasteiger partial charge in [0, 0.05) is 37.7 Å².